The molecule has 0 aliphatic heterocycles. The van der Waals surface area contributed by atoms with Crippen LogP contribution in [0.5, 0.6) is 0 Å². The monoisotopic (exact) mass is 333 g/mol. The van der Waals surface area contributed by atoms with Gasteiger partial charge in [-0.1, -0.05) is 12.1 Å². The number of ether oxygens (including phenoxy) is 1. The molecule has 0 bridgehead atoms. The van der Waals surface area contributed by atoms with Gasteiger partial charge < -0.3 is 10.5 Å². The second kappa shape index (κ2) is 5.63. The van der Waals surface area contributed by atoms with Gasteiger partial charge in [0.15, 0.2) is 0 Å². The molecule has 1 aromatic carbocycles. The molecule has 0 radical (unpaired) electrons. The van der Waals surface area contributed by atoms with Crippen molar-refractivity contribution in [1.29, 1.82) is 0 Å². The molecular formula is C12H16INO2. The predicted molar refractivity (Wildman–Crippen MR) is 72.1 cm³/mol. The van der Waals surface area contributed by atoms with E-state index in [-0.39, 0.29) is 5.97 Å². The lowest BCUT2D eigenvalue weighted by Gasteiger charge is -2.22. The van der Waals surface area contributed by atoms with E-state index < -0.39 is 5.54 Å². The highest BCUT2D eigenvalue weighted by atomic mass is 127. The van der Waals surface area contributed by atoms with E-state index in [1.165, 1.54) is 0 Å². The van der Waals surface area contributed by atoms with Crippen molar-refractivity contribution >= 4 is 28.6 Å². The quantitative estimate of drug-likeness (QED) is 0.678. The van der Waals surface area contributed by atoms with Crippen molar-refractivity contribution in [3.05, 3.63) is 33.4 Å². The molecule has 0 aliphatic rings. The Balaban J connectivity index is 2.75. The molecule has 2 N–H and O–H groups in total. The Morgan fingerprint density at radius 2 is 2.25 bits per heavy atom. The van der Waals surface area contributed by atoms with Crippen LogP contribution in [0.4, 0.5) is 0 Å². The zero-order valence-corrected chi connectivity index (χ0v) is 11.7. The Morgan fingerprint density at radius 3 is 2.81 bits per heavy atom. The molecule has 1 aromatic rings. The first-order valence-corrected chi connectivity index (χ1v) is 6.24. The van der Waals surface area contributed by atoms with Gasteiger partial charge in [0.1, 0.15) is 5.54 Å². The summed E-state index contributed by atoms with van der Waals surface area (Å²) in [6.07, 6.45) is 0.489. The highest BCUT2D eigenvalue weighted by molar-refractivity contribution is 14.1. The number of benzene rings is 1. The van der Waals surface area contributed by atoms with Crippen LogP contribution in [0.25, 0.3) is 0 Å². The minimum atomic E-state index is -0.958. The summed E-state index contributed by atoms with van der Waals surface area (Å²) >= 11 is 2.23. The summed E-state index contributed by atoms with van der Waals surface area (Å²) in [5.41, 5.74) is 6.04. The number of hydrogen-bond donors (Lipinski definition) is 1. The summed E-state index contributed by atoms with van der Waals surface area (Å²) in [7, 11) is 0. The molecule has 1 atom stereocenters. The van der Waals surface area contributed by atoms with Crippen LogP contribution in [-0.2, 0) is 16.0 Å². The molecule has 0 fully saturated rings. The van der Waals surface area contributed by atoms with Crippen molar-refractivity contribution in [3.63, 3.8) is 0 Å². The van der Waals surface area contributed by atoms with E-state index >= 15 is 0 Å². The number of nitrogens with two attached hydrogens (primary N) is 1. The van der Waals surface area contributed by atoms with Gasteiger partial charge in [0.05, 0.1) is 6.61 Å². The van der Waals surface area contributed by atoms with Crippen molar-refractivity contribution in [2.75, 3.05) is 6.61 Å². The molecule has 0 amide bonds. The largest absolute Gasteiger partial charge is 0.465 e. The fourth-order valence-corrected chi connectivity index (χ4v) is 2.05. The maximum absolute atomic E-state index is 11.6. The molecule has 0 aliphatic carbocycles. The number of hydrogen-bond acceptors (Lipinski definition) is 3. The summed E-state index contributed by atoms with van der Waals surface area (Å²) < 4.78 is 6.08. The molecule has 3 nitrogen and oxygen atoms in total. The standard InChI is InChI=1S/C12H16INO2/c1-3-16-11(15)12(2,14)8-9-5-4-6-10(13)7-9/h4-7H,3,8,14H2,1-2H3. The summed E-state index contributed by atoms with van der Waals surface area (Å²) in [6.45, 7) is 3.84. The van der Waals surface area contributed by atoms with E-state index in [2.05, 4.69) is 22.6 Å². The SMILES string of the molecule is CCOC(=O)C(C)(N)Cc1cccc(I)c1. The van der Waals surface area contributed by atoms with Gasteiger partial charge in [-0.05, 0) is 54.1 Å². The molecule has 4 heteroatoms. The normalized spacial score (nSPS) is 14.2. The van der Waals surface area contributed by atoms with E-state index in [0.29, 0.717) is 13.0 Å². The van der Waals surface area contributed by atoms with E-state index in [9.17, 15) is 4.79 Å². The van der Waals surface area contributed by atoms with Crippen LogP contribution >= 0.6 is 22.6 Å². The van der Waals surface area contributed by atoms with Gasteiger partial charge in [0, 0.05) is 9.99 Å². The first kappa shape index (κ1) is 13.4. The fraction of sp³-hybridized carbons (Fsp3) is 0.417. The maximum Gasteiger partial charge on any atom is 0.326 e. The van der Waals surface area contributed by atoms with Crippen molar-refractivity contribution in [2.24, 2.45) is 5.73 Å². The maximum atomic E-state index is 11.6. The van der Waals surface area contributed by atoms with Crippen LogP contribution in [-0.4, -0.2) is 18.1 Å². The first-order chi connectivity index (χ1) is 7.45. The molecule has 0 aromatic heterocycles. The molecule has 16 heavy (non-hydrogen) atoms. The molecule has 88 valence electrons. The van der Waals surface area contributed by atoms with E-state index in [0.717, 1.165) is 9.13 Å². The number of esters is 1. The van der Waals surface area contributed by atoms with E-state index in [1.54, 1.807) is 13.8 Å². The Hall–Kier alpha value is -0.620. The van der Waals surface area contributed by atoms with Crippen LogP contribution < -0.4 is 5.73 Å². The zero-order valence-electron chi connectivity index (χ0n) is 9.50. The second-order valence-corrected chi connectivity index (χ2v) is 5.19. The number of carbonyl (C=O) groups is 1. The van der Waals surface area contributed by atoms with Gasteiger partial charge in [-0.15, -0.1) is 0 Å². The summed E-state index contributed by atoms with van der Waals surface area (Å²) in [4.78, 5) is 11.6. The fourth-order valence-electron chi connectivity index (χ4n) is 1.44. The number of rotatable bonds is 4. The molecule has 1 rings (SSSR count). The third-order valence-corrected chi connectivity index (χ3v) is 2.87. The highest BCUT2D eigenvalue weighted by Crippen LogP contribution is 2.15. The molecule has 1 unspecified atom stereocenters. The zero-order chi connectivity index (χ0) is 12.2. The third kappa shape index (κ3) is 3.75. The topological polar surface area (TPSA) is 52.3 Å². The average Bonchev–Trinajstić information content (AvgIpc) is 2.17. The Bertz CT molecular complexity index is 377. The first-order valence-electron chi connectivity index (χ1n) is 5.16. The summed E-state index contributed by atoms with van der Waals surface area (Å²) in [6, 6.07) is 7.94. The van der Waals surface area contributed by atoms with Crippen LogP contribution in [0.1, 0.15) is 19.4 Å². The lowest BCUT2D eigenvalue weighted by atomic mass is 9.94. The smallest absolute Gasteiger partial charge is 0.326 e. The van der Waals surface area contributed by atoms with Crippen molar-refractivity contribution < 1.29 is 9.53 Å². The van der Waals surface area contributed by atoms with Gasteiger partial charge in [-0.3, -0.25) is 4.79 Å². The number of carbonyl (C=O) groups excluding carboxylic acids is 1. The minimum absolute atomic E-state index is 0.353. The van der Waals surface area contributed by atoms with Gasteiger partial charge in [0.2, 0.25) is 0 Å². The van der Waals surface area contributed by atoms with E-state index in [1.807, 2.05) is 24.3 Å². The Labute approximate surface area is 109 Å². The summed E-state index contributed by atoms with van der Waals surface area (Å²) in [5.74, 6) is -0.353. The van der Waals surface area contributed by atoms with Crippen molar-refractivity contribution in [1.82, 2.24) is 0 Å². The summed E-state index contributed by atoms with van der Waals surface area (Å²) in [5, 5.41) is 0. The van der Waals surface area contributed by atoms with Crippen molar-refractivity contribution in [3.8, 4) is 0 Å². The molecule has 0 saturated heterocycles. The van der Waals surface area contributed by atoms with Gasteiger partial charge >= 0.3 is 5.97 Å². The van der Waals surface area contributed by atoms with E-state index in [4.69, 9.17) is 10.5 Å². The molecule has 0 saturated carbocycles. The Kier molecular flexibility index (Phi) is 4.73. The minimum Gasteiger partial charge on any atom is -0.465 e. The molecule has 0 heterocycles. The molecular weight excluding hydrogens is 317 g/mol. The van der Waals surface area contributed by atoms with Crippen LogP contribution in [0.15, 0.2) is 24.3 Å². The average molecular weight is 333 g/mol. The molecule has 0 spiro atoms. The van der Waals surface area contributed by atoms with Gasteiger partial charge in [-0.2, -0.15) is 0 Å². The predicted octanol–water partition coefficient (Wildman–Crippen LogP) is 2.11. The third-order valence-electron chi connectivity index (χ3n) is 2.20. The Morgan fingerprint density at radius 1 is 1.56 bits per heavy atom. The van der Waals surface area contributed by atoms with Crippen molar-refractivity contribution in [2.45, 2.75) is 25.8 Å². The lowest BCUT2D eigenvalue weighted by Crippen LogP contribution is -2.48. The highest BCUT2D eigenvalue weighted by Gasteiger charge is 2.30. The van der Waals surface area contributed by atoms with Crippen LogP contribution in [0.3, 0.4) is 0 Å². The number of halogens is 1. The van der Waals surface area contributed by atoms with Crippen LogP contribution in [0.2, 0.25) is 0 Å². The van der Waals surface area contributed by atoms with Gasteiger partial charge in [0.25, 0.3) is 0 Å². The second-order valence-electron chi connectivity index (χ2n) is 3.94. The lowest BCUT2D eigenvalue weighted by molar-refractivity contribution is -0.148. The van der Waals surface area contributed by atoms with Crippen LogP contribution in [0, 0.1) is 3.57 Å². The van der Waals surface area contributed by atoms with Gasteiger partial charge in [-0.25, -0.2) is 0 Å².